The standard InChI is InChI=1S/C23H32N4O9/c1-12(28)19(24)21(33)26-16(11-13-4-6-14(29)7-5-13)20(32)25-15(8-9-18(30)31)22(34)27-10-2-3-17(27)23(35)36/h4-7,12,15-17,19,28-29H,2-3,8-11,24H2,1H3,(H,25,32)(H,26,33)(H,30,31)(H,35,36). The highest BCUT2D eigenvalue weighted by atomic mass is 16.4. The molecule has 0 saturated carbocycles. The lowest BCUT2D eigenvalue weighted by Gasteiger charge is -2.29. The van der Waals surface area contributed by atoms with E-state index in [-0.39, 0.29) is 31.6 Å². The summed E-state index contributed by atoms with van der Waals surface area (Å²) in [7, 11) is 0. The van der Waals surface area contributed by atoms with Crippen LogP contribution in [0.3, 0.4) is 0 Å². The van der Waals surface area contributed by atoms with E-state index in [2.05, 4.69) is 10.6 Å². The van der Waals surface area contributed by atoms with Crippen molar-refractivity contribution in [2.75, 3.05) is 6.54 Å². The van der Waals surface area contributed by atoms with Gasteiger partial charge in [0.05, 0.1) is 6.10 Å². The Labute approximate surface area is 207 Å². The first-order valence-electron chi connectivity index (χ1n) is 11.5. The van der Waals surface area contributed by atoms with Crippen molar-refractivity contribution in [2.45, 2.75) is 69.3 Å². The van der Waals surface area contributed by atoms with Crippen LogP contribution in [0.15, 0.2) is 24.3 Å². The molecule has 13 heteroatoms. The second-order valence-corrected chi connectivity index (χ2v) is 8.72. The van der Waals surface area contributed by atoms with E-state index in [0.29, 0.717) is 12.0 Å². The molecule has 5 atom stereocenters. The number of carbonyl (C=O) groups is 5. The number of nitrogens with one attached hydrogen (secondary N) is 2. The van der Waals surface area contributed by atoms with Crippen molar-refractivity contribution >= 4 is 29.7 Å². The molecule has 0 aromatic heterocycles. The van der Waals surface area contributed by atoms with Gasteiger partial charge in [-0.2, -0.15) is 0 Å². The van der Waals surface area contributed by atoms with Crippen LogP contribution < -0.4 is 16.4 Å². The second kappa shape index (κ2) is 12.8. The van der Waals surface area contributed by atoms with Gasteiger partial charge < -0.3 is 41.7 Å². The van der Waals surface area contributed by atoms with Crippen LogP contribution in [0.4, 0.5) is 0 Å². The first-order chi connectivity index (χ1) is 16.9. The monoisotopic (exact) mass is 508 g/mol. The molecule has 0 spiro atoms. The molecule has 1 heterocycles. The average molecular weight is 509 g/mol. The Hall–Kier alpha value is -3.71. The van der Waals surface area contributed by atoms with E-state index in [4.69, 9.17) is 10.8 Å². The molecule has 1 aromatic rings. The minimum atomic E-state index is -1.35. The molecule has 8 N–H and O–H groups in total. The Balaban J connectivity index is 2.27. The SMILES string of the molecule is CC(O)C(N)C(=O)NC(Cc1ccc(O)cc1)C(=O)NC(CCC(=O)O)C(=O)N1CCCC1C(=O)O. The number of aromatic hydroxyl groups is 1. The van der Waals surface area contributed by atoms with Gasteiger partial charge in [-0.25, -0.2) is 4.79 Å². The normalized spacial score (nSPS) is 18.5. The lowest BCUT2D eigenvalue weighted by atomic mass is 10.0. The van der Waals surface area contributed by atoms with Gasteiger partial charge in [-0.15, -0.1) is 0 Å². The summed E-state index contributed by atoms with van der Waals surface area (Å²) in [6.07, 6.45) is -1.38. The summed E-state index contributed by atoms with van der Waals surface area (Å²) in [6, 6.07) is 0.747. The maximum atomic E-state index is 13.2. The van der Waals surface area contributed by atoms with Crippen molar-refractivity contribution < 1.29 is 44.4 Å². The number of benzene rings is 1. The highest BCUT2D eigenvalue weighted by Gasteiger charge is 2.38. The van der Waals surface area contributed by atoms with Crippen molar-refractivity contribution in [1.82, 2.24) is 15.5 Å². The van der Waals surface area contributed by atoms with Gasteiger partial charge in [0.25, 0.3) is 0 Å². The van der Waals surface area contributed by atoms with Gasteiger partial charge in [0, 0.05) is 19.4 Å². The number of amides is 3. The van der Waals surface area contributed by atoms with Crippen molar-refractivity contribution in [2.24, 2.45) is 5.73 Å². The Morgan fingerprint density at radius 2 is 1.67 bits per heavy atom. The van der Waals surface area contributed by atoms with Crippen molar-refractivity contribution in [3.8, 4) is 5.75 Å². The minimum Gasteiger partial charge on any atom is -0.508 e. The lowest BCUT2D eigenvalue weighted by Crippen LogP contribution is -2.58. The quantitative estimate of drug-likeness (QED) is 0.174. The number of hydrogen-bond acceptors (Lipinski definition) is 8. The number of nitrogens with zero attached hydrogens (tertiary/aromatic N) is 1. The molecule has 198 valence electrons. The first kappa shape index (κ1) is 28.5. The van der Waals surface area contributed by atoms with E-state index in [0.717, 1.165) is 4.90 Å². The molecule has 1 aliphatic heterocycles. The number of likely N-dealkylation sites (tertiary alicyclic amines) is 1. The molecular weight excluding hydrogens is 476 g/mol. The van der Waals surface area contributed by atoms with Gasteiger partial charge in [-0.3, -0.25) is 19.2 Å². The van der Waals surface area contributed by atoms with Crippen LogP contribution in [0, 0.1) is 0 Å². The Morgan fingerprint density at radius 3 is 2.22 bits per heavy atom. The molecule has 36 heavy (non-hydrogen) atoms. The fourth-order valence-corrected chi connectivity index (χ4v) is 3.85. The average Bonchev–Trinajstić information content (AvgIpc) is 3.31. The topological polar surface area (TPSA) is 220 Å². The molecule has 13 nitrogen and oxygen atoms in total. The zero-order chi connectivity index (χ0) is 27.0. The fourth-order valence-electron chi connectivity index (χ4n) is 3.85. The summed E-state index contributed by atoms with van der Waals surface area (Å²) in [6.45, 7) is 1.45. The van der Waals surface area contributed by atoms with Crippen LogP contribution in [0.25, 0.3) is 0 Å². The minimum absolute atomic E-state index is 0.0159. The summed E-state index contributed by atoms with van der Waals surface area (Å²) in [5.41, 5.74) is 6.21. The summed E-state index contributed by atoms with van der Waals surface area (Å²) in [5, 5.41) is 42.5. The predicted octanol–water partition coefficient (Wildman–Crippen LogP) is -1.45. The van der Waals surface area contributed by atoms with E-state index in [1.807, 2.05) is 0 Å². The smallest absolute Gasteiger partial charge is 0.326 e. The molecule has 2 rings (SSSR count). The number of aliphatic carboxylic acids is 2. The molecule has 5 unspecified atom stereocenters. The number of carbonyl (C=O) groups excluding carboxylic acids is 3. The van der Waals surface area contributed by atoms with Gasteiger partial charge in [-0.1, -0.05) is 12.1 Å². The predicted molar refractivity (Wildman–Crippen MR) is 125 cm³/mol. The van der Waals surface area contributed by atoms with E-state index < -0.39 is 66.4 Å². The number of carboxylic acid groups (broad SMARTS) is 2. The lowest BCUT2D eigenvalue weighted by molar-refractivity contribution is -0.150. The number of aliphatic hydroxyl groups excluding tert-OH is 1. The number of phenols is 1. The molecule has 0 aliphatic carbocycles. The van der Waals surface area contributed by atoms with E-state index in [1.165, 1.54) is 31.2 Å². The number of carboxylic acids is 2. The van der Waals surface area contributed by atoms with E-state index >= 15 is 0 Å². The van der Waals surface area contributed by atoms with Gasteiger partial charge >= 0.3 is 11.9 Å². The van der Waals surface area contributed by atoms with Crippen molar-refractivity contribution in [1.29, 1.82) is 0 Å². The number of aliphatic hydroxyl groups is 1. The van der Waals surface area contributed by atoms with Crippen LogP contribution in [0.5, 0.6) is 5.75 Å². The van der Waals surface area contributed by atoms with Crippen LogP contribution >= 0.6 is 0 Å². The molecule has 3 amide bonds. The summed E-state index contributed by atoms with van der Waals surface area (Å²) in [5.74, 6) is -4.82. The molecule has 1 saturated heterocycles. The number of nitrogens with two attached hydrogens (primary N) is 1. The number of rotatable bonds is 12. The largest absolute Gasteiger partial charge is 0.508 e. The maximum absolute atomic E-state index is 13.2. The molecule has 0 radical (unpaired) electrons. The molecule has 1 aromatic carbocycles. The zero-order valence-corrected chi connectivity index (χ0v) is 19.8. The second-order valence-electron chi connectivity index (χ2n) is 8.72. The third kappa shape index (κ3) is 7.92. The number of hydrogen-bond donors (Lipinski definition) is 7. The summed E-state index contributed by atoms with van der Waals surface area (Å²) in [4.78, 5) is 62.6. The van der Waals surface area contributed by atoms with Gasteiger partial charge in [0.15, 0.2) is 0 Å². The summed E-state index contributed by atoms with van der Waals surface area (Å²) < 4.78 is 0. The van der Waals surface area contributed by atoms with Crippen molar-refractivity contribution in [3.05, 3.63) is 29.8 Å². The van der Waals surface area contributed by atoms with E-state index in [1.54, 1.807) is 0 Å². The summed E-state index contributed by atoms with van der Waals surface area (Å²) >= 11 is 0. The third-order valence-electron chi connectivity index (χ3n) is 5.91. The highest BCUT2D eigenvalue weighted by Crippen LogP contribution is 2.20. The molecule has 1 aliphatic rings. The Kier molecular flexibility index (Phi) is 10.2. The maximum Gasteiger partial charge on any atom is 0.326 e. The van der Waals surface area contributed by atoms with E-state index in [9.17, 15) is 39.3 Å². The van der Waals surface area contributed by atoms with Gasteiger partial charge in [0.1, 0.15) is 29.9 Å². The van der Waals surface area contributed by atoms with Crippen LogP contribution in [-0.4, -0.2) is 91.8 Å². The third-order valence-corrected chi connectivity index (χ3v) is 5.91. The van der Waals surface area contributed by atoms with Crippen molar-refractivity contribution in [3.63, 3.8) is 0 Å². The van der Waals surface area contributed by atoms with Gasteiger partial charge in [-0.05, 0) is 43.9 Å². The number of phenolic OH excluding ortho intramolecular Hbond substituents is 1. The fraction of sp³-hybridized carbons (Fsp3) is 0.522. The van der Waals surface area contributed by atoms with Crippen LogP contribution in [0.2, 0.25) is 0 Å². The van der Waals surface area contributed by atoms with Gasteiger partial charge in [0.2, 0.25) is 17.7 Å². The Morgan fingerprint density at radius 1 is 1.06 bits per heavy atom. The zero-order valence-electron chi connectivity index (χ0n) is 19.8. The van der Waals surface area contributed by atoms with Crippen LogP contribution in [-0.2, 0) is 30.4 Å². The first-order valence-corrected chi connectivity index (χ1v) is 11.5. The molecule has 1 fully saturated rings. The molecular formula is C23H32N4O9. The highest BCUT2D eigenvalue weighted by molar-refractivity contribution is 5.94. The molecule has 0 bridgehead atoms. The van der Waals surface area contributed by atoms with Crippen LogP contribution in [0.1, 0.15) is 38.2 Å². The Bertz CT molecular complexity index is 967.